The van der Waals surface area contributed by atoms with Crippen LogP contribution in [0.25, 0.3) is 0 Å². The molecule has 1 aliphatic heterocycles. The number of ether oxygens (including phenoxy) is 1. The third-order valence-corrected chi connectivity index (χ3v) is 3.95. The lowest BCUT2D eigenvalue weighted by molar-refractivity contribution is 0.173. The normalized spacial score (nSPS) is 19.3. The van der Waals surface area contributed by atoms with Crippen LogP contribution in [0.15, 0.2) is 24.3 Å². The quantitative estimate of drug-likeness (QED) is 0.886. The van der Waals surface area contributed by atoms with E-state index in [0.717, 1.165) is 51.3 Å². The molecule has 1 aromatic carbocycles. The highest BCUT2D eigenvalue weighted by atomic mass is 16.5. The first kappa shape index (κ1) is 14.4. The zero-order valence-corrected chi connectivity index (χ0v) is 12.2. The number of nitrogens with two attached hydrogens (primary N) is 1. The van der Waals surface area contributed by atoms with Gasteiger partial charge in [0.25, 0.3) is 0 Å². The Morgan fingerprint density at radius 1 is 1.21 bits per heavy atom. The molecule has 0 aromatic heterocycles. The van der Waals surface area contributed by atoms with Gasteiger partial charge in [0.1, 0.15) is 5.75 Å². The van der Waals surface area contributed by atoms with Crippen LogP contribution >= 0.6 is 0 Å². The molecular formula is C16H26N2O. The van der Waals surface area contributed by atoms with Gasteiger partial charge in [-0.2, -0.15) is 0 Å². The molecular weight excluding hydrogens is 236 g/mol. The van der Waals surface area contributed by atoms with Crippen LogP contribution in [0.2, 0.25) is 0 Å². The van der Waals surface area contributed by atoms with Gasteiger partial charge in [-0.25, -0.2) is 0 Å². The summed E-state index contributed by atoms with van der Waals surface area (Å²) >= 11 is 0. The summed E-state index contributed by atoms with van der Waals surface area (Å²) in [6, 6.07) is 8.46. The number of hydrogen-bond acceptors (Lipinski definition) is 3. The maximum atomic E-state index is 6.15. The molecule has 0 aliphatic carbocycles. The van der Waals surface area contributed by atoms with Gasteiger partial charge in [-0.15, -0.1) is 0 Å². The van der Waals surface area contributed by atoms with Crippen molar-refractivity contribution in [1.29, 1.82) is 0 Å². The average Bonchev–Trinajstić information content (AvgIpc) is 2.40. The Hall–Kier alpha value is -1.06. The fourth-order valence-electron chi connectivity index (χ4n) is 2.49. The Balaban J connectivity index is 1.76. The Morgan fingerprint density at radius 2 is 1.84 bits per heavy atom. The van der Waals surface area contributed by atoms with Crippen molar-refractivity contribution in [2.45, 2.75) is 38.6 Å². The third kappa shape index (κ3) is 4.51. The Bertz CT molecular complexity index is 376. The van der Waals surface area contributed by atoms with Crippen LogP contribution < -0.4 is 10.5 Å². The summed E-state index contributed by atoms with van der Waals surface area (Å²) < 4.78 is 5.45. The van der Waals surface area contributed by atoms with Gasteiger partial charge in [-0.05, 0) is 63.9 Å². The predicted molar refractivity (Wildman–Crippen MR) is 79.6 cm³/mol. The summed E-state index contributed by atoms with van der Waals surface area (Å²) in [7, 11) is 0. The molecule has 0 radical (unpaired) electrons. The lowest BCUT2D eigenvalue weighted by atomic mass is 9.91. The van der Waals surface area contributed by atoms with Gasteiger partial charge >= 0.3 is 0 Å². The Labute approximate surface area is 116 Å². The monoisotopic (exact) mass is 262 g/mol. The molecule has 0 saturated carbocycles. The molecule has 1 fully saturated rings. The minimum Gasteiger partial charge on any atom is -0.494 e. The summed E-state index contributed by atoms with van der Waals surface area (Å²) in [5, 5.41) is 0. The van der Waals surface area contributed by atoms with E-state index >= 15 is 0 Å². The second kappa shape index (κ2) is 6.40. The standard InChI is InChI=1S/C16H26N2O/c1-3-19-15-6-4-14(5-7-15)8-11-18-12-9-16(2,17)10-13-18/h4-7H,3,8-13,17H2,1-2H3. The first-order chi connectivity index (χ1) is 9.09. The topological polar surface area (TPSA) is 38.5 Å². The van der Waals surface area contributed by atoms with Crippen molar-refractivity contribution in [3.8, 4) is 5.75 Å². The molecule has 0 bridgehead atoms. The van der Waals surface area contributed by atoms with Crippen LogP contribution in [-0.2, 0) is 6.42 Å². The average molecular weight is 262 g/mol. The van der Waals surface area contributed by atoms with E-state index in [1.54, 1.807) is 0 Å². The Kier molecular flexibility index (Phi) is 4.83. The van der Waals surface area contributed by atoms with Crippen LogP contribution in [0.3, 0.4) is 0 Å². The number of hydrogen-bond donors (Lipinski definition) is 1. The maximum absolute atomic E-state index is 6.15. The molecule has 3 heteroatoms. The number of nitrogens with zero attached hydrogens (tertiary/aromatic N) is 1. The second-order valence-electron chi connectivity index (χ2n) is 5.82. The van der Waals surface area contributed by atoms with Gasteiger partial charge in [0.2, 0.25) is 0 Å². The van der Waals surface area contributed by atoms with E-state index in [-0.39, 0.29) is 5.54 Å². The highest BCUT2D eigenvalue weighted by molar-refractivity contribution is 5.27. The molecule has 1 aromatic rings. The molecule has 2 rings (SSSR count). The van der Waals surface area contributed by atoms with Crippen molar-refractivity contribution in [3.05, 3.63) is 29.8 Å². The predicted octanol–water partition coefficient (Wildman–Crippen LogP) is 2.44. The molecule has 1 heterocycles. The molecule has 1 aliphatic rings. The fourth-order valence-corrected chi connectivity index (χ4v) is 2.49. The highest BCUT2D eigenvalue weighted by Crippen LogP contribution is 2.19. The minimum atomic E-state index is 0.0512. The van der Waals surface area contributed by atoms with E-state index in [1.807, 2.05) is 6.92 Å². The lowest BCUT2D eigenvalue weighted by Crippen LogP contribution is -2.48. The van der Waals surface area contributed by atoms with Gasteiger partial charge in [0, 0.05) is 12.1 Å². The van der Waals surface area contributed by atoms with Gasteiger partial charge < -0.3 is 15.4 Å². The molecule has 106 valence electrons. The van der Waals surface area contributed by atoms with Crippen molar-refractivity contribution >= 4 is 0 Å². The molecule has 1 saturated heterocycles. The van der Waals surface area contributed by atoms with Crippen molar-refractivity contribution in [3.63, 3.8) is 0 Å². The first-order valence-corrected chi connectivity index (χ1v) is 7.32. The van der Waals surface area contributed by atoms with Crippen LogP contribution in [0, 0.1) is 0 Å². The van der Waals surface area contributed by atoms with Gasteiger partial charge in [0.15, 0.2) is 0 Å². The smallest absolute Gasteiger partial charge is 0.119 e. The summed E-state index contributed by atoms with van der Waals surface area (Å²) in [5.41, 5.74) is 7.58. The van der Waals surface area contributed by atoms with Crippen molar-refractivity contribution in [1.82, 2.24) is 4.90 Å². The molecule has 0 atom stereocenters. The van der Waals surface area contributed by atoms with Crippen LogP contribution in [0.5, 0.6) is 5.75 Å². The van der Waals surface area contributed by atoms with E-state index in [2.05, 4.69) is 36.1 Å². The Morgan fingerprint density at radius 3 is 2.42 bits per heavy atom. The molecule has 2 N–H and O–H groups in total. The minimum absolute atomic E-state index is 0.0512. The number of benzene rings is 1. The summed E-state index contributed by atoms with van der Waals surface area (Å²) in [6.45, 7) is 8.29. The SMILES string of the molecule is CCOc1ccc(CCN2CCC(C)(N)CC2)cc1. The molecule has 0 amide bonds. The summed E-state index contributed by atoms with van der Waals surface area (Å²) in [6.07, 6.45) is 3.32. The second-order valence-corrected chi connectivity index (χ2v) is 5.82. The zero-order valence-electron chi connectivity index (χ0n) is 12.2. The van der Waals surface area contributed by atoms with E-state index in [0.29, 0.717) is 0 Å². The first-order valence-electron chi connectivity index (χ1n) is 7.32. The highest BCUT2D eigenvalue weighted by Gasteiger charge is 2.25. The summed E-state index contributed by atoms with van der Waals surface area (Å²) in [5.74, 6) is 0.961. The van der Waals surface area contributed by atoms with E-state index < -0.39 is 0 Å². The van der Waals surface area contributed by atoms with Crippen molar-refractivity contribution < 1.29 is 4.74 Å². The molecule has 3 nitrogen and oxygen atoms in total. The molecule has 0 unspecified atom stereocenters. The maximum Gasteiger partial charge on any atom is 0.119 e. The fraction of sp³-hybridized carbons (Fsp3) is 0.625. The lowest BCUT2D eigenvalue weighted by Gasteiger charge is -2.36. The molecule has 0 spiro atoms. The number of piperidine rings is 1. The van der Waals surface area contributed by atoms with Gasteiger partial charge in [-0.1, -0.05) is 12.1 Å². The summed E-state index contributed by atoms with van der Waals surface area (Å²) in [4.78, 5) is 2.52. The van der Waals surface area contributed by atoms with Crippen LogP contribution in [0.1, 0.15) is 32.3 Å². The largest absolute Gasteiger partial charge is 0.494 e. The van der Waals surface area contributed by atoms with E-state index in [9.17, 15) is 0 Å². The van der Waals surface area contributed by atoms with Crippen LogP contribution in [0.4, 0.5) is 0 Å². The van der Waals surface area contributed by atoms with E-state index in [4.69, 9.17) is 10.5 Å². The van der Waals surface area contributed by atoms with Crippen LogP contribution in [-0.4, -0.2) is 36.7 Å². The number of rotatable bonds is 5. The van der Waals surface area contributed by atoms with Gasteiger partial charge in [-0.3, -0.25) is 0 Å². The zero-order chi connectivity index (χ0) is 13.7. The van der Waals surface area contributed by atoms with E-state index in [1.165, 1.54) is 5.56 Å². The molecule has 19 heavy (non-hydrogen) atoms. The van der Waals surface area contributed by atoms with Crippen molar-refractivity contribution in [2.24, 2.45) is 5.73 Å². The number of likely N-dealkylation sites (tertiary alicyclic amines) is 1. The third-order valence-electron chi connectivity index (χ3n) is 3.95. The van der Waals surface area contributed by atoms with Gasteiger partial charge in [0.05, 0.1) is 6.61 Å². The van der Waals surface area contributed by atoms with Crippen molar-refractivity contribution in [2.75, 3.05) is 26.2 Å².